The van der Waals surface area contributed by atoms with Gasteiger partial charge in [-0.15, -0.1) is 0 Å². The summed E-state index contributed by atoms with van der Waals surface area (Å²) >= 11 is 0. The van der Waals surface area contributed by atoms with Crippen molar-refractivity contribution in [2.75, 3.05) is 0 Å². The fourth-order valence-electron chi connectivity index (χ4n) is 6.84. The van der Waals surface area contributed by atoms with Crippen molar-refractivity contribution in [2.45, 2.75) is 63.4 Å². The van der Waals surface area contributed by atoms with E-state index < -0.39 is 32.6 Å². The van der Waals surface area contributed by atoms with Crippen molar-refractivity contribution in [1.82, 2.24) is 10.2 Å². The predicted molar refractivity (Wildman–Crippen MR) is 176 cm³/mol. The van der Waals surface area contributed by atoms with Gasteiger partial charge in [-0.1, -0.05) is 124 Å². The number of carbonyl (C=O) groups excluding carboxylic acids is 3. The first-order valence-corrected chi connectivity index (χ1v) is 17.3. The Labute approximate surface area is 265 Å². The van der Waals surface area contributed by atoms with Crippen LogP contribution < -0.4 is 15.7 Å². The molecule has 1 aliphatic carbocycles. The van der Waals surface area contributed by atoms with E-state index in [1.807, 2.05) is 66.7 Å². The fourth-order valence-corrected chi connectivity index (χ4v) is 11.6. The molecule has 1 N–H and O–H groups in total. The zero-order chi connectivity index (χ0) is 31.6. The topological polar surface area (TPSA) is 84.9 Å². The SMILES string of the molecule is CC(C)(C)[Si](O[C@H]1C[C@H](N2C(=O)c3ccccc3C2=O)C[C@@H]1NC(=O)OCc1ccccc1)(c1ccccc1)c1ccccc1. The number of ether oxygens (including phenoxy) is 1. The summed E-state index contributed by atoms with van der Waals surface area (Å²) in [5.41, 5.74) is 1.69. The first-order valence-electron chi connectivity index (χ1n) is 15.4. The molecular weight excluding hydrogens is 581 g/mol. The van der Waals surface area contributed by atoms with Gasteiger partial charge < -0.3 is 14.5 Å². The average molecular weight is 619 g/mol. The maximum absolute atomic E-state index is 13.5. The Morgan fingerprint density at radius 2 is 1.24 bits per heavy atom. The predicted octanol–water partition coefficient (Wildman–Crippen LogP) is 5.69. The van der Waals surface area contributed by atoms with E-state index in [4.69, 9.17) is 9.16 Å². The molecule has 4 aromatic rings. The Morgan fingerprint density at radius 3 is 1.76 bits per heavy atom. The summed E-state index contributed by atoms with van der Waals surface area (Å²) < 4.78 is 13.1. The lowest BCUT2D eigenvalue weighted by atomic mass is 10.1. The number of hydrogen-bond donors (Lipinski definition) is 1. The minimum Gasteiger partial charge on any atom is -0.445 e. The standard InChI is InChI=1S/C37H38N2O5Si/c1-37(2,3)45(28-17-9-5-10-18-28,29-19-11-6-12-20-29)44-33-24-27(39-34(40)30-21-13-14-22-31(30)35(39)41)23-32(33)38-36(42)43-25-26-15-7-4-8-16-26/h4-22,27,32-33H,23-25H2,1-3H3,(H,38,42)/t27-,32+,33+/m1/s1. The molecule has 3 atom stereocenters. The number of amides is 3. The summed E-state index contributed by atoms with van der Waals surface area (Å²) in [6.45, 7) is 6.73. The number of alkyl carbamates (subject to hydrolysis) is 1. The van der Waals surface area contributed by atoms with E-state index in [1.54, 1.807) is 24.3 Å². The molecule has 0 aromatic heterocycles. The Hall–Kier alpha value is -4.53. The number of nitrogens with one attached hydrogen (secondary N) is 1. The average Bonchev–Trinajstić information content (AvgIpc) is 3.55. The first kappa shape index (κ1) is 30.5. The molecule has 230 valence electrons. The summed E-state index contributed by atoms with van der Waals surface area (Å²) in [5, 5.41) is 4.98. The van der Waals surface area contributed by atoms with Crippen molar-refractivity contribution in [3.05, 3.63) is 132 Å². The molecular formula is C37H38N2O5Si. The van der Waals surface area contributed by atoms with Gasteiger partial charge in [-0.05, 0) is 45.9 Å². The van der Waals surface area contributed by atoms with Gasteiger partial charge >= 0.3 is 6.09 Å². The third-order valence-electron chi connectivity index (χ3n) is 8.93. The van der Waals surface area contributed by atoms with E-state index in [1.165, 1.54) is 4.90 Å². The van der Waals surface area contributed by atoms with Gasteiger partial charge in [-0.25, -0.2) is 4.79 Å². The summed E-state index contributed by atoms with van der Waals surface area (Å²) in [5.74, 6) is -0.616. The molecule has 4 aromatic carbocycles. The summed E-state index contributed by atoms with van der Waals surface area (Å²) in [4.78, 5) is 41.7. The van der Waals surface area contributed by atoms with Gasteiger partial charge in [0.15, 0.2) is 0 Å². The van der Waals surface area contributed by atoms with Crippen molar-refractivity contribution < 1.29 is 23.5 Å². The van der Waals surface area contributed by atoms with Crippen LogP contribution >= 0.6 is 0 Å². The van der Waals surface area contributed by atoms with Crippen molar-refractivity contribution in [3.63, 3.8) is 0 Å². The number of imide groups is 1. The molecule has 8 heteroatoms. The largest absolute Gasteiger partial charge is 0.445 e. The Balaban J connectivity index is 1.35. The molecule has 1 fully saturated rings. The molecule has 6 rings (SSSR count). The van der Waals surface area contributed by atoms with Gasteiger partial charge in [0.25, 0.3) is 20.1 Å². The number of benzene rings is 4. The highest BCUT2D eigenvalue weighted by Crippen LogP contribution is 2.41. The molecule has 0 unspecified atom stereocenters. The number of hydrogen-bond acceptors (Lipinski definition) is 5. The molecule has 45 heavy (non-hydrogen) atoms. The van der Waals surface area contributed by atoms with Crippen LogP contribution in [0.25, 0.3) is 0 Å². The molecule has 0 bridgehead atoms. The second-order valence-electron chi connectivity index (χ2n) is 12.8. The van der Waals surface area contributed by atoms with Crippen LogP contribution in [0.2, 0.25) is 5.04 Å². The second kappa shape index (κ2) is 12.5. The van der Waals surface area contributed by atoms with Crippen molar-refractivity contribution in [1.29, 1.82) is 0 Å². The van der Waals surface area contributed by atoms with E-state index in [-0.39, 0.29) is 23.5 Å². The van der Waals surface area contributed by atoms with Crippen LogP contribution in [0.5, 0.6) is 0 Å². The Kier molecular flexibility index (Phi) is 8.44. The van der Waals surface area contributed by atoms with E-state index in [2.05, 4.69) is 50.4 Å². The third-order valence-corrected chi connectivity index (χ3v) is 14.0. The monoisotopic (exact) mass is 618 g/mol. The molecule has 1 aliphatic heterocycles. The highest BCUT2D eigenvalue weighted by atomic mass is 28.4. The number of rotatable bonds is 8. The lowest BCUT2D eigenvalue weighted by molar-refractivity contribution is 0.0577. The fraction of sp³-hybridized carbons (Fsp3) is 0.270. The second-order valence-corrected chi connectivity index (χ2v) is 17.0. The minimum atomic E-state index is -3.03. The number of carbonyl (C=O) groups is 3. The number of fused-ring (bicyclic) bond motifs is 1. The van der Waals surface area contributed by atoms with Crippen LogP contribution in [0, 0.1) is 0 Å². The quantitative estimate of drug-likeness (QED) is 0.203. The van der Waals surface area contributed by atoms with Crippen LogP contribution in [0.4, 0.5) is 4.79 Å². The highest BCUT2D eigenvalue weighted by Gasteiger charge is 2.55. The molecule has 0 saturated heterocycles. The summed E-state index contributed by atoms with van der Waals surface area (Å²) in [7, 11) is -3.03. The van der Waals surface area contributed by atoms with Gasteiger partial charge in [0.05, 0.1) is 23.3 Å². The van der Waals surface area contributed by atoms with Crippen molar-refractivity contribution in [3.8, 4) is 0 Å². The lowest BCUT2D eigenvalue weighted by Crippen LogP contribution is -2.68. The van der Waals surface area contributed by atoms with Crippen molar-refractivity contribution >= 4 is 36.6 Å². The molecule has 7 nitrogen and oxygen atoms in total. The normalized spacial score (nSPS) is 19.8. The van der Waals surface area contributed by atoms with Crippen LogP contribution in [-0.2, 0) is 15.8 Å². The molecule has 0 radical (unpaired) electrons. The van der Waals surface area contributed by atoms with Gasteiger partial charge in [0.1, 0.15) is 6.61 Å². The molecule has 0 spiro atoms. The van der Waals surface area contributed by atoms with Crippen LogP contribution in [0.1, 0.15) is 59.9 Å². The lowest BCUT2D eigenvalue weighted by Gasteiger charge is -2.45. The van der Waals surface area contributed by atoms with Crippen LogP contribution in [-0.4, -0.2) is 49.3 Å². The Morgan fingerprint density at radius 1 is 0.756 bits per heavy atom. The van der Waals surface area contributed by atoms with E-state index in [9.17, 15) is 14.4 Å². The molecule has 2 aliphatic rings. The van der Waals surface area contributed by atoms with Gasteiger partial charge in [0, 0.05) is 6.04 Å². The molecule has 1 saturated carbocycles. The maximum atomic E-state index is 13.5. The van der Waals surface area contributed by atoms with Gasteiger partial charge in [0.2, 0.25) is 0 Å². The van der Waals surface area contributed by atoms with E-state index in [0.29, 0.717) is 24.0 Å². The molecule has 3 amide bonds. The minimum absolute atomic E-state index is 0.126. The smallest absolute Gasteiger partial charge is 0.407 e. The van der Waals surface area contributed by atoms with Crippen LogP contribution in [0.15, 0.2) is 115 Å². The Bertz CT molecular complexity index is 1600. The molecule has 1 heterocycles. The number of nitrogens with zero attached hydrogens (tertiary/aromatic N) is 1. The van der Waals surface area contributed by atoms with Crippen molar-refractivity contribution in [2.24, 2.45) is 0 Å². The van der Waals surface area contributed by atoms with Crippen LogP contribution in [0.3, 0.4) is 0 Å². The van der Waals surface area contributed by atoms with Gasteiger partial charge in [-0.3, -0.25) is 14.5 Å². The first-order chi connectivity index (χ1) is 21.7. The van der Waals surface area contributed by atoms with E-state index in [0.717, 1.165) is 15.9 Å². The zero-order valence-corrected chi connectivity index (χ0v) is 26.8. The zero-order valence-electron chi connectivity index (χ0n) is 25.8. The maximum Gasteiger partial charge on any atom is 0.407 e. The summed E-state index contributed by atoms with van der Waals surface area (Å²) in [6.07, 6.45) is -0.313. The third kappa shape index (κ3) is 5.83. The van der Waals surface area contributed by atoms with E-state index >= 15 is 0 Å². The highest BCUT2D eigenvalue weighted by molar-refractivity contribution is 6.99. The summed E-state index contributed by atoms with van der Waals surface area (Å²) in [6, 6.07) is 36.1. The van der Waals surface area contributed by atoms with Gasteiger partial charge in [-0.2, -0.15) is 0 Å².